The number of benzene rings is 1. The fourth-order valence-corrected chi connectivity index (χ4v) is 3.93. The summed E-state index contributed by atoms with van der Waals surface area (Å²) in [6.45, 7) is 5.06. The summed E-state index contributed by atoms with van der Waals surface area (Å²) in [6.07, 6.45) is 0. The van der Waals surface area contributed by atoms with Crippen molar-refractivity contribution in [3.05, 3.63) is 23.8 Å². The number of hydrogen-bond donors (Lipinski definition) is 0. The van der Waals surface area contributed by atoms with Gasteiger partial charge in [0, 0.05) is 6.07 Å². The largest absolute Gasteiger partial charge is 0.497 e. The summed E-state index contributed by atoms with van der Waals surface area (Å²) in [5, 5.41) is 0. The molecule has 0 N–H and O–H groups in total. The van der Waals surface area contributed by atoms with Crippen molar-refractivity contribution in [1.82, 2.24) is 4.31 Å². The van der Waals surface area contributed by atoms with Crippen LogP contribution in [0.5, 0.6) is 5.75 Å². The van der Waals surface area contributed by atoms with Gasteiger partial charge in [-0.05, 0) is 32.9 Å². The zero-order chi connectivity index (χ0) is 13.7. The summed E-state index contributed by atoms with van der Waals surface area (Å²) in [4.78, 5) is 12.2. The third kappa shape index (κ3) is 1.68. The standard InChI is InChI=1S/C12H15NO4S/c1-12(2,3)13-11(14)9-6-5-8(17-4)7-10(9)18(13,15)16/h5-7H,1-4H3. The average molecular weight is 269 g/mol. The van der Waals surface area contributed by atoms with Gasteiger partial charge in [0.05, 0.1) is 18.2 Å². The SMILES string of the molecule is COc1ccc2c(c1)S(=O)(=O)N(C(C)(C)C)C2=O. The van der Waals surface area contributed by atoms with Crippen molar-refractivity contribution in [2.75, 3.05) is 7.11 Å². The first-order valence-electron chi connectivity index (χ1n) is 5.47. The molecule has 0 saturated heterocycles. The van der Waals surface area contributed by atoms with Gasteiger partial charge in [-0.25, -0.2) is 12.7 Å². The Morgan fingerprint density at radius 2 is 1.83 bits per heavy atom. The average Bonchev–Trinajstić information content (AvgIpc) is 2.45. The third-order valence-electron chi connectivity index (χ3n) is 2.73. The van der Waals surface area contributed by atoms with Gasteiger partial charge in [-0.2, -0.15) is 0 Å². The molecule has 1 aromatic rings. The number of nitrogens with zero attached hydrogens (tertiary/aromatic N) is 1. The van der Waals surface area contributed by atoms with Crippen molar-refractivity contribution in [3.8, 4) is 5.75 Å². The summed E-state index contributed by atoms with van der Waals surface area (Å²) in [7, 11) is -2.33. The molecule has 5 nitrogen and oxygen atoms in total. The van der Waals surface area contributed by atoms with Crippen molar-refractivity contribution in [2.24, 2.45) is 0 Å². The van der Waals surface area contributed by atoms with Crippen molar-refractivity contribution in [2.45, 2.75) is 31.2 Å². The van der Waals surface area contributed by atoms with Crippen LogP contribution in [0.25, 0.3) is 0 Å². The quantitative estimate of drug-likeness (QED) is 0.777. The van der Waals surface area contributed by atoms with E-state index in [0.717, 1.165) is 4.31 Å². The van der Waals surface area contributed by atoms with E-state index in [2.05, 4.69) is 0 Å². The topological polar surface area (TPSA) is 63.7 Å². The molecule has 2 rings (SSSR count). The van der Waals surface area contributed by atoms with Crippen LogP contribution in [0.3, 0.4) is 0 Å². The Balaban J connectivity index is 2.70. The monoisotopic (exact) mass is 269 g/mol. The highest BCUT2D eigenvalue weighted by molar-refractivity contribution is 7.90. The molecular weight excluding hydrogens is 254 g/mol. The van der Waals surface area contributed by atoms with Crippen molar-refractivity contribution in [1.29, 1.82) is 0 Å². The molecule has 1 aliphatic rings. The van der Waals surface area contributed by atoms with E-state index in [1.54, 1.807) is 26.8 Å². The second-order valence-electron chi connectivity index (χ2n) is 5.11. The fraction of sp³-hybridized carbons (Fsp3) is 0.417. The highest BCUT2D eigenvalue weighted by Crippen LogP contribution is 2.37. The molecule has 1 aromatic carbocycles. The van der Waals surface area contributed by atoms with E-state index < -0.39 is 21.5 Å². The van der Waals surface area contributed by atoms with Crippen LogP contribution in [0.4, 0.5) is 0 Å². The van der Waals surface area contributed by atoms with Crippen molar-refractivity contribution < 1.29 is 17.9 Å². The molecule has 1 amide bonds. The van der Waals surface area contributed by atoms with Gasteiger partial charge in [0.2, 0.25) is 0 Å². The van der Waals surface area contributed by atoms with Gasteiger partial charge in [-0.3, -0.25) is 4.79 Å². The van der Waals surface area contributed by atoms with Gasteiger partial charge in [0.1, 0.15) is 10.6 Å². The van der Waals surface area contributed by atoms with Gasteiger partial charge in [-0.15, -0.1) is 0 Å². The molecule has 0 bridgehead atoms. The van der Waals surface area contributed by atoms with E-state index in [1.165, 1.54) is 19.2 Å². The smallest absolute Gasteiger partial charge is 0.269 e. The van der Waals surface area contributed by atoms with E-state index in [0.29, 0.717) is 5.75 Å². The molecule has 98 valence electrons. The molecular formula is C12H15NO4S. The Labute approximate surface area is 106 Å². The van der Waals surface area contributed by atoms with Crippen LogP contribution in [-0.2, 0) is 10.0 Å². The Bertz CT molecular complexity index is 613. The summed E-state index contributed by atoms with van der Waals surface area (Å²) in [5.41, 5.74) is -0.590. The molecule has 6 heteroatoms. The second-order valence-corrected chi connectivity index (χ2v) is 6.86. The van der Waals surface area contributed by atoms with Crippen molar-refractivity contribution in [3.63, 3.8) is 0 Å². The zero-order valence-electron chi connectivity index (χ0n) is 10.7. The molecule has 18 heavy (non-hydrogen) atoms. The zero-order valence-corrected chi connectivity index (χ0v) is 11.5. The van der Waals surface area contributed by atoms with E-state index >= 15 is 0 Å². The van der Waals surface area contributed by atoms with E-state index in [1.807, 2.05) is 0 Å². The maximum absolute atomic E-state index is 12.4. The molecule has 0 unspecified atom stereocenters. The molecule has 0 spiro atoms. The van der Waals surface area contributed by atoms with Gasteiger partial charge in [0.25, 0.3) is 15.9 Å². The van der Waals surface area contributed by atoms with Gasteiger partial charge >= 0.3 is 0 Å². The predicted octanol–water partition coefficient (Wildman–Crippen LogP) is 1.64. The first kappa shape index (κ1) is 12.9. The number of carbonyl (C=O) groups excluding carboxylic acids is 1. The molecule has 0 saturated carbocycles. The molecule has 0 fully saturated rings. The molecule has 0 aliphatic carbocycles. The van der Waals surface area contributed by atoms with Crippen LogP contribution in [0, 0.1) is 0 Å². The lowest BCUT2D eigenvalue weighted by Gasteiger charge is -2.29. The molecule has 1 aliphatic heterocycles. The van der Waals surface area contributed by atoms with E-state index in [-0.39, 0.29) is 10.5 Å². The van der Waals surface area contributed by atoms with Gasteiger partial charge in [-0.1, -0.05) is 0 Å². The molecule has 0 radical (unpaired) electrons. The first-order valence-corrected chi connectivity index (χ1v) is 6.91. The number of sulfonamides is 1. The van der Waals surface area contributed by atoms with Crippen LogP contribution in [0.1, 0.15) is 31.1 Å². The van der Waals surface area contributed by atoms with Crippen LogP contribution in [0.15, 0.2) is 23.1 Å². The highest BCUT2D eigenvalue weighted by Gasteiger charge is 2.46. The summed E-state index contributed by atoms with van der Waals surface area (Å²) in [5.74, 6) is -0.0685. The second kappa shape index (κ2) is 3.71. The van der Waals surface area contributed by atoms with Crippen LogP contribution < -0.4 is 4.74 Å². The molecule has 1 heterocycles. The maximum Gasteiger partial charge on any atom is 0.269 e. The Morgan fingerprint density at radius 1 is 1.22 bits per heavy atom. The van der Waals surface area contributed by atoms with E-state index in [9.17, 15) is 13.2 Å². The minimum atomic E-state index is -3.78. The number of methoxy groups -OCH3 is 1. The lowest BCUT2D eigenvalue weighted by atomic mass is 10.1. The van der Waals surface area contributed by atoms with Crippen LogP contribution in [-0.4, -0.2) is 31.3 Å². The normalized spacial score (nSPS) is 17.8. The highest BCUT2D eigenvalue weighted by atomic mass is 32.2. The first-order chi connectivity index (χ1) is 8.19. The van der Waals surface area contributed by atoms with Crippen LogP contribution >= 0.6 is 0 Å². The molecule has 0 atom stereocenters. The number of rotatable bonds is 1. The number of amides is 1. The Kier molecular flexibility index (Phi) is 2.66. The Morgan fingerprint density at radius 3 is 2.33 bits per heavy atom. The third-order valence-corrected chi connectivity index (χ3v) is 4.82. The van der Waals surface area contributed by atoms with Crippen molar-refractivity contribution >= 4 is 15.9 Å². The summed E-state index contributed by atoms with van der Waals surface area (Å²) in [6, 6.07) is 4.45. The summed E-state index contributed by atoms with van der Waals surface area (Å²) >= 11 is 0. The fourth-order valence-electron chi connectivity index (χ4n) is 2.00. The lowest BCUT2D eigenvalue weighted by molar-refractivity contribution is 0.0788. The van der Waals surface area contributed by atoms with Crippen LogP contribution in [0.2, 0.25) is 0 Å². The minimum absolute atomic E-state index is 0.0155. The minimum Gasteiger partial charge on any atom is -0.497 e. The Hall–Kier alpha value is -1.56. The number of hydrogen-bond acceptors (Lipinski definition) is 4. The maximum atomic E-state index is 12.4. The number of ether oxygens (including phenoxy) is 1. The summed E-state index contributed by atoms with van der Waals surface area (Å²) < 4.78 is 30.6. The van der Waals surface area contributed by atoms with E-state index in [4.69, 9.17) is 4.74 Å². The van der Waals surface area contributed by atoms with Gasteiger partial charge < -0.3 is 4.74 Å². The number of carbonyl (C=O) groups is 1. The van der Waals surface area contributed by atoms with Gasteiger partial charge in [0.15, 0.2) is 0 Å². The molecule has 0 aromatic heterocycles. The number of fused-ring (bicyclic) bond motifs is 1. The predicted molar refractivity (Wildman–Crippen MR) is 66.1 cm³/mol. The lowest BCUT2D eigenvalue weighted by Crippen LogP contribution is -2.45.